The number of benzene rings is 2. The molecule has 2 aromatic rings. The Hall–Kier alpha value is -2.61. The summed E-state index contributed by atoms with van der Waals surface area (Å²) in [5.74, 6) is 0.451. The highest BCUT2D eigenvalue weighted by atomic mass is 16.5. The van der Waals surface area contributed by atoms with Gasteiger partial charge in [-0.3, -0.25) is 9.69 Å². The molecule has 1 atom stereocenters. The van der Waals surface area contributed by atoms with Crippen LogP contribution in [-0.4, -0.2) is 74.6 Å². The molecular formula is C24H31N3O4. The van der Waals surface area contributed by atoms with Gasteiger partial charge in [0.05, 0.1) is 25.0 Å². The van der Waals surface area contributed by atoms with Crippen molar-refractivity contribution < 1.29 is 19.4 Å². The third kappa shape index (κ3) is 5.97. The minimum Gasteiger partial charge on any atom is -0.482 e. The van der Waals surface area contributed by atoms with Crippen LogP contribution >= 0.6 is 0 Å². The molecule has 0 spiro atoms. The zero-order chi connectivity index (χ0) is 21.5. The number of carbonyl (C=O) groups is 1. The third-order valence-electron chi connectivity index (χ3n) is 5.79. The van der Waals surface area contributed by atoms with Crippen LogP contribution in [0.2, 0.25) is 0 Å². The largest absolute Gasteiger partial charge is 0.482 e. The maximum absolute atomic E-state index is 12.3. The van der Waals surface area contributed by atoms with Gasteiger partial charge >= 0.3 is 0 Å². The van der Waals surface area contributed by atoms with Crippen LogP contribution in [-0.2, 0) is 22.5 Å². The summed E-state index contributed by atoms with van der Waals surface area (Å²) in [6, 6.07) is 16.2. The number of morpholine rings is 1. The van der Waals surface area contributed by atoms with Gasteiger partial charge in [-0.2, -0.15) is 0 Å². The van der Waals surface area contributed by atoms with Crippen molar-refractivity contribution >= 4 is 11.6 Å². The molecule has 1 fully saturated rings. The molecule has 2 N–H and O–H groups in total. The summed E-state index contributed by atoms with van der Waals surface area (Å²) < 4.78 is 11.2. The second-order valence-electron chi connectivity index (χ2n) is 8.07. The predicted molar refractivity (Wildman–Crippen MR) is 119 cm³/mol. The lowest BCUT2D eigenvalue weighted by Gasteiger charge is -2.30. The highest BCUT2D eigenvalue weighted by Crippen LogP contribution is 2.28. The van der Waals surface area contributed by atoms with Crippen LogP contribution < -0.4 is 15.0 Å². The van der Waals surface area contributed by atoms with E-state index in [1.165, 1.54) is 11.1 Å². The van der Waals surface area contributed by atoms with Crippen LogP contribution in [0.25, 0.3) is 0 Å². The molecule has 2 aromatic carbocycles. The number of β-amino-alcohol motifs (C(OH)–C–C–N with tert-alkyl or cyclic N) is 1. The molecular weight excluding hydrogens is 394 g/mol. The van der Waals surface area contributed by atoms with Crippen LogP contribution in [0.5, 0.6) is 5.75 Å². The highest BCUT2D eigenvalue weighted by Gasteiger charge is 2.19. The number of hydrogen-bond donors (Lipinski definition) is 2. The number of nitrogens with zero attached hydrogens (tertiary/aromatic N) is 2. The maximum Gasteiger partial charge on any atom is 0.258 e. The zero-order valence-electron chi connectivity index (χ0n) is 17.8. The van der Waals surface area contributed by atoms with Gasteiger partial charge in [0.25, 0.3) is 5.91 Å². The van der Waals surface area contributed by atoms with Gasteiger partial charge in [0.1, 0.15) is 5.75 Å². The van der Waals surface area contributed by atoms with E-state index < -0.39 is 6.10 Å². The number of aliphatic hydroxyl groups is 1. The first-order valence-electron chi connectivity index (χ1n) is 11.0. The van der Waals surface area contributed by atoms with E-state index in [4.69, 9.17) is 9.47 Å². The molecule has 4 rings (SSSR count). The van der Waals surface area contributed by atoms with E-state index >= 15 is 0 Å². The van der Waals surface area contributed by atoms with Crippen LogP contribution in [0, 0.1) is 0 Å². The number of anilines is 1. The lowest BCUT2D eigenvalue weighted by molar-refractivity contribution is -0.123. The van der Waals surface area contributed by atoms with Gasteiger partial charge in [-0.25, -0.2) is 0 Å². The lowest BCUT2D eigenvalue weighted by Crippen LogP contribution is -2.43. The Balaban J connectivity index is 1.20. The fourth-order valence-electron chi connectivity index (χ4n) is 4.14. The topological polar surface area (TPSA) is 74.3 Å². The summed E-state index contributed by atoms with van der Waals surface area (Å²) in [5, 5.41) is 13.2. The second-order valence-corrected chi connectivity index (χ2v) is 8.07. The second kappa shape index (κ2) is 10.6. The van der Waals surface area contributed by atoms with Crippen molar-refractivity contribution in [3.05, 3.63) is 59.7 Å². The molecule has 7 heteroatoms. The van der Waals surface area contributed by atoms with Gasteiger partial charge in [0, 0.05) is 39.3 Å². The van der Waals surface area contributed by atoms with Crippen molar-refractivity contribution in [2.24, 2.45) is 0 Å². The average molecular weight is 426 g/mol. The van der Waals surface area contributed by atoms with E-state index in [2.05, 4.69) is 39.4 Å². The summed E-state index contributed by atoms with van der Waals surface area (Å²) in [6.07, 6.45) is 0.376. The highest BCUT2D eigenvalue weighted by molar-refractivity contribution is 5.77. The molecule has 1 saturated heterocycles. The number of amides is 1. The van der Waals surface area contributed by atoms with E-state index in [-0.39, 0.29) is 19.1 Å². The van der Waals surface area contributed by atoms with Crippen molar-refractivity contribution in [1.29, 1.82) is 0 Å². The molecule has 0 aliphatic carbocycles. The van der Waals surface area contributed by atoms with Gasteiger partial charge in [-0.15, -0.1) is 0 Å². The molecule has 31 heavy (non-hydrogen) atoms. The van der Waals surface area contributed by atoms with Gasteiger partial charge in [0.2, 0.25) is 0 Å². The molecule has 0 saturated carbocycles. The SMILES string of the molecule is O=C(COc1ccccc1N1CCOCC1)NC[C@H](O)CN1CCc2ccccc2C1. The first-order valence-corrected chi connectivity index (χ1v) is 11.0. The molecule has 0 aromatic heterocycles. The summed E-state index contributed by atoms with van der Waals surface area (Å²) in [4.78, 5) is 16.7. The number of fused-ring (bicyclic) bond motifs is 1. The maximum atomic E-state index is 12.3. The Morgan fingerprint density at radius 1 is 1.06 bits per heavy atom. The number of para-hydroxylation sites is 2. The van der Waals surface area contributed by atoms with Gasteiger partial charge in [-0.05, 0) is 29.7 Å². The molecule has 7 nitrogen and oxygen atoms in total. The molecule has 0 radical (unpaired) electrons. The third-order valence-corrected chi connectivity index (χ3v) is 5.79. The van der Waals surface area contributed by atoms with Crippen molar-refractivity contribution in [2.75, 3.05) is 57.4 Å². The number of rotatable bonds is 8. The van der Waals surface area contributed by atoms with Crippen LogP contribution in [0.15, 0.2) is 48.5 Å². The molecule has 0 unspecified atom stereocenters. The van der Waals surface area contributed by atoms with E-state index in [1.807, 2.05) is 24.3 Å². The number of carbonyl (C=O) groups excluding carboxylic acids is 1. The lowest BCUT2D eigenvalue weighted by atomic mass is 10.00. The molecule has 2 aliphatic heterocycles. The Morgan fingerprint density at radius 3 is 2.65 bits per heavy atom. The minimum absolute atomic E-state index is 0.0782. The van der Waals surface area contributed by atoms with Crippen molar-refractivity contribution in [3.8, 4) is 5.75 Å². The zero-order valence-corrected chi connectivity index (χ0v) is 17.8. The minimum atomic E-state index is -0.616. The Morgan fingerprint density at radius 2 is 1.81 bits per heavy atom. The van der Waals surface area contributed by atoms with Crippen LogP contribution in [0.3, 0.4) is 0 Å². The number of aliphatic hydroxyl groups excluding tert-OH is 1. The fourth-order valence-corrected chi connectivity index (χ4v) is 4.14. The van der Waals surface area contributed by atoms with Crippen molar-refractivity contribution in [3.63, 3.8) is 0 Å². The van der Waals surface area contributed by atoms with Gasteiger partial charge in [0.15, 0.2) is 6.61 Å². The Kier molecular flexibility index (Phi) is 7.40. The monoisotopic (exact) mass is 425 g/mol. The molecule has 2 heterocycles. The first kappa shape index (κ1) is 21.6. The quantitative estimate of drug-likeness (QED) is 0.667. The normalized spacial score (nSPS) is 17.6. The number of ether oxygens (including phenoxy) is 2. The molecule has 1 amide bonds. The summed E-state index contributed by atoms with van der Waals surface area (Å²) in [6.45, 7) is 5.42. The molecule has 166 valence electrons. The van der Waals surface area contributed by atoms with E-state index in [9.17, 15) is 9.90 Å². The summed E-state index contributed by atoms with van der Waals surface area (Å²) >= 11 is 0. The van der Waals surface area contributed by atoms with E-state index in [0.29, 0.717) is 25.5 Å². The summed E-state index contributed by atoms with van der Waals surface area (Å²) in [5.41, 5.74) is 3.68. The number of nitrogens with one attached hydrogen (secondary N) is 1. The van der Waals surface area contributed by atoms with E-state index in [1.54, 1.807) is 0 Å². The molecule has 2 aliphatic rings. The number of hydrogen-bond acceptors (Lipinski definition) is 6. The average Bonchev–Trinajstić information content (AvgIpc) is 2.82. The van der Waals surface area contributed by atoms with E-state index in [0.717, 1.165) is 38.3 Å². The summed E-state index contributed by atoms with van der Waals surface area (Å²) in [7, 11) is 0. The van der Waals surface area contributed by atoms with Crippen molar-refractivity contribution in [1.82, 2.24) is 10.2 Å². The smallest absolute Gasteiger partial charge is 0.258 e. The first-order chi connectivity index (χ1) is 15.2. The fraction of sp³-hybridized carbons (Fsp3) is 0.458. The van der Waals surface area contributed by atoms with Gasteiger partial charge in [-0.1, -0.05) is 36.4 Å². The van der Waals surface area contributed by atoms with Crippen molar-refractivity contribution in [2.45, 2.75) is 19.1 Å². The van der Waals surface area contributed by atoms with Crippen LogP contribution in [0.4, 0.5) is 5.69 Å². The Labute approximate surface area is 183 Å². The predicted octanol–water partition coefficient (Wildman–Crippen LogP) is 1.44. The molecule has 0 bridgehead atoms. The van der Waals surface area contributed by atoms with Crippen LogP contribution in [0.1, 0.15) is 11.1 Å². The standard InChI is InChI=1S/C24H31N3O4/c28-21(17-26-10-9-19-5-1-2-6-20(19)16-26)15-25-24(29)18-31-23-8-4-3-7-22(23)27-11-13-30-14-12-27/h1-8,21,28H,9-18H2,(H,25,29)/t21-/m0/s1. The van der Waals surface area contributed by atoms with Gasteiger partial charge < -0.3 is 24.8 Å². The Bertz CT molecular complexity index is 869.